The summed E-state index contributed by atoms with van der Waals surface area (Å²) in [5.41, 5.74) is 4.32. The molecule has 0 saturated carbocycles. The van der Waals surface area contributed by atoms with Crippen LogP contribution in [-0.2, 0) is 9.59 Å². The van der Waals surface area contributed by atoms with Crippen molar-refractivity contribution in [1.29, 1.82) is 0 Å². The van der Waals surface area contributed by atoms with Crippen molar-refractivity contribution in [2.75, 3.05) is 18.0 Å². The van der Waals surface area contributed by atoms with Gasteiger partial charge >= 0.3 is 0 Å². The normalized spacial score (nSPS) is 10.7. The third kappa shape index (κ3) is 5.08. The van der Waals surface area contributed by atoms with Crippen LogP contribution < -0.4 is 10.2 Å². The van der Waals surface area contributed by atoms with Crippen molar-refractivity contribution in [3.8, 4) is 0 Å². The highest BCUT2D eigenvalue weighted by Crippen LogP contribution is 2.26. The van der Waals surface area contributed by atoms with Crippen LogP contribution in [-0.4, -0.2) is 24.9 Å². The first-order valence-electron chi connectivity index (χ1n) is 8.45. The number of nitrogens with zero attached hydrogens (tertiary/aromatic N) is 1. The van der Waals surface area contributed by atoms with E-state index in [-0.39, 0.29) is 17.7 Å². The molecule has 0 saturated heterocycles. The third-order valence-corrected chi connectivity index (χ3v) is 4.28. The molecule has 128 valence electrons. The van der Waals surface area contributed by atoms with Crippen molar-refractivity contribution in [3.05, 3.63) is 28.8 Å². The molecule has 2 amide bonds. The molecule has 23 heavy (non-hydrogen) atoms. The number of carbonyl (C=O) groups is 2. The van der Waals surface area contributed by atoms with E-state index in [1.54, 1.807) is 11.8 Å². The summed E-state index contributed by atoms with van der Waals surface area (Å²) >= 11 is 0. The molecule has 0 bridgehead atoms. The average Bonchev–Trinajstić information content (AvgIpc) is 2.45. The number of amides is 2. The predicted molar refractivity (Wildman–Crippen MR) is 95.8 cm³/mol. The van der Waals surface area contributed by atoms with Gasteiger partial charge in [0.1, 0.15) is 0 Å². The smallest absolute Gasteiger partial charge is 0.223 e. The van der Waals surface area contributed by atoms with Crippen molar-refractivity contribution in [2.24, 2.45) is 5.92 Å². The van der Waals surface area contributed by atoms with Gasteiger partial charge in [-0.25, -0.2) is 0 Å². The summed E-state index contributed by atoms with van der Waals surface area (Å²) in [6.07, 6.45) is 1.68. The van der Waals surface area contributed by atoms with Gasteiger partial charge in [0.05, 0.1) is 0 Å². The van der Waals surface area contributed by atoms with Crippen molar-refractivity contribution in [3.63, 3.8) is 0 Å². The van der Waals surface area contributed by atoms with Crippen molar-refractivity contribution in [1.82, 2.24) is 5.32 Å². The molecular weight excluding hydrogens is 288 g/mol. The molecule has 0 heterocycles. The van der Waals surface area contributed by atoms with Gasteiger partial charge in [-0.3, -0.25) is 9.59 Å². The molecule has 0 spiro atoms. The number of anilines is 1. The van der Waals surface area contributed by atoms with Crippen LogP contribution in [0.4, 0.5) is 5.69 Å². The standard InChI is InChI=1S/C19H30N2O2/c1-7-17(8-2)19(23)20-9-10-21(16(6)22)18-14(4)11-13(3)12-15(18)5/h11-12,17H,7-10H2,1-6H3,(H,20,23). The van der Waals surface area contributed by atoms with Crippen LogP contribution in [0.25, 0.3) is 0 Å². The summed E-state index contributed by atoms with van der Waals surface area (Å²) in [4.78, 5) is 25.9. The fraction of sp³-hybridized carbons (Fsp3) is 0.579. The van der Waals surface area contributed by atoms with Gasteiger partial charge in [0.15, 0.2) is 0 Å². The predicted octanol–water partition coefficient (Wildman–Crippen LogP) is 3.52. The third-order valence-electron chi connectivity index (χ3n) is 4.28. The van der Waals surface area contributed by atoms with Gasteiger partial charge in [0.25, 0.3) is 0 Å². The Hall–Kier alpha value is -1.84. The van der Waals surface area contributed by atoms with E-state index >= 15 is 0 Å². The van der Waals surface area contributed by atoms with E-state index in [0.29, 0.717) is 13.1 Å². The molecule has 0 aliphatic carbocycles. The lowest BCUT2D eigenvalue weighted by Crippen LogP contribution is -2.40. The molecule has 0 fully saturated rings. The fourth-order valence-corrected chi connectivity index (χ4v) is 3.12. The minimum Gasteiger partial charge on any atom is -0.354 e. The largest absolute Gasteiger partial charge is 0.354 e. The molecule has 0 atom stereocenters. The maximum absolute atomic E-state index is 12.1. The van der Waals surface area contributed by atoms with Gasteiger partial charge in [0.2, 0.25) is 11.8 Å². The van der Waals surface area contributed by atoms with Crippen molar-refractivity contribution in [2.45, 2.75) is 54.4 Å². The summed E-state index contributed by atoms with van der Waals surface area (Å²) in [6, 6.07) is 4.17. The molecule has 0 radical (unpaired) electrons. The Balaban J connectivity index is 2.82. The Kier molecular flexibility index (Phi) is 7.27. The van der Waals surface area contributed by atoms with E-state index in [4.69, 9.17) is 0 Å². The molecule has 1 aromatic rings. The number of carbonyl (C=O) groups excluding carboxylic acids is 2. The fourth-order valence-electron chi connectivity index (χ4n) is 3.12. The van der Waals surface area contributed by atoms with Crippen molar-refractivity contribution >= 4 is 17.5 Å². The number of nitrogens with one attached hydrogen (secondary N) is 1. The molecule has 0 aliphatic heterocycles. The highest BCUT2D eigenvalue weighted by Gasteiger charge is 2.18. The molecule has 1 rings (SSSR count). The minimum atomic E-state index is -0.00293. The second-order valence-corrected chi connectivity index (χ2v) is 6.22. The molecule has 4 heteroatoms. The number of hydrogen-bond acceptors (Lipinski definition) is 2. The maximum atomic E-state index is 12.1. The SMILES string of the molecule is CCC(CC)C(=O)NCCN(C(C)=O)c1c(C)cc(C)cc1C. The number of aryl methyl sites for hydroxylation is 3. The first-order valence-corrected chi connectivity index (χ1v) is 8.45. The highest BCUT2D eigenvalue weighted by atomic mass is 16.2. The second kappa shape index (κ2) is 8.70. The highest BCUT2D eigenvalue weighted by molar-refractivity contribution is 5.93. The second-order valence-electron chi connectivity index (χ2n) is 6.22. The van der Waals surface area contributed by atoms with Gasteiger partial charge in [-0.15, -0.1) is 0 Å². The molecule has 4 nitrogen and oxygen atoms in total. The summed E-state index contributed by atoms with van der Waals surface area (Å²) in [5, 5.41) is 2.96. The Bertz CT molecular complexity index is 539. The number of rotatable bonds is 7. The quantitative estimate of drug-likeness (QED) is 0.836. The molecule has 0 unspecified atom stereocenters. The molecule has 0 aliphatic rings. The lowest BCUT2D eigenvalue weighted by atomic mass is 10.0. The zero-order chi connectivity index (χ0) is 17.6. The van der Waals surface area contributed by atoms with Crippen LogP contribution in [0.3, 0.4) is 0 Å². The number of benzene rings is 1. The van der Waals surface area contributed by atoms with Crippen LogP contribution >= 0.6 is 0 Å². The summed E-state index contributed by atoms with van der Waals surface area (Å²) < 4.78 is 0. The van der Waals surface area contributed by atoms with E-state index in [1.165, 1.54) is 5.56 Å². The van der Waals surface area contributed by atoms with Gasteiger partial charge < -0.3 is 10.2 Å². The topological polar surface area (TPSA) is 49.4 Å². The van der Waals surface area contributed by atoms with E-state index in [1.807, 2.05) is 27.7 Å². The molecule has 0 aromatic heterocycles. The molecular formula is C19H30N2O2. The Labute approximate surface area is 140 Å². The maximum Gasteiger partial charge on any atom is 0.223 e. The van der Waals surface area contributed by atoms with E-state index in [2.05, 4.69) is 24.4 Å². The monoisotopic (exact) mass is 318 g/mol. The Morgan fingerprint density at radius 1 is 1.09 bits per heavy atom. The van der Waals surface area contributed by atoms with Crippen LogP contribution in [0.15, 0.2) is 12.1 Å². The zero-order valence-corrected chi connectivity index (χ0v) is 15.3. The van der Waals surface area contributed by atoms with Gasteiger partial charge in [-0.05, 0) is 44.7 Å². The first kappa shape index (κ1) is 19.2. The Morgan fingerprint density at radius 3 is 2.04 bits per heavy atom. The zero-order valence-electron chi connectivity index (χ0n) is 15.3. The summed E-state index contributed by atoms with van der Waals surface area (Å²) in [6.45, 7) is 12.7. The van der Waals surface area contributed by atoms with Crippen LogP contribution in [0, 0.1) is 26.7 Å². The van der Waals surface area contributed by atoms with Crippen LogP contribution in [0.1, 0.15) is 50.3 Å². The van der Waals surface area contributed by atoms with E-state index < -0.39 is 0 Å². The first-order chi connectivity index (χ1) is 10.8. The summed E-state index contributed by atoms with van der Waals surface area (Å²) in [5.74, 6) is 0.135. The van der Waals surface area contributed by atoms with Gasteiger partial charge in [0, 0.05) is 31.6 Å². The van der Waals surface area contributed by atoms with Crippen LogP contribution in [0.2, 0.25) is 0 Å². The van der Waals surface area contributed by atoms with Gasteiger partial charge in [-0.2, -0.15) is 0 Å². The Morgan fingerprint density at radius 2 is 1.61 bits per heavy atom. The summed E-state index contributed by atoms with van der Waals surface area (Å²) in [7, 11) is 0. The molecule has 1 aromatic carbocycles. The lowest BCUT2D eigenvalue weighted by molar-refractivity contribution is -0.125. The van der Waals surface area contributed by atoms with Crippen molar-refractivity contribution < 1.29 is 9.59 Å². The minimum absolute atomic E-state index is 0.00293. The average molecular weight is 318 g/mol. The van der Waals surface area contributed by atoms with E-state index in [9.17, 15) is 9.59 Å². The molecule has 1 N–H and O–H groups in total. The van der Waals surface area contributed by atoms with Crippen LogP contribution in [0.5, 0.6) is 0 Å². The lowest BCUT2D eigenvalue weighted by Gasteiger charge is -2.26. The number of hydrogen-bond donors (Lipinski definition) is 1. The van der Waals surface area contributed by atoms with E-state index in [0.717, 1.165) is 29.7 Å². The van der Waals surface area contributed by atoms with Gasteiger partial charge in [-0.1, -0.05) is 31.5 Å².